The molecule has 116 valence electrons. The third-order valence-corrected chi connectivity index (χ3v) is 5.19. The lowest BCUT2D eigenvalue weighted by atomic mass is 9.71. The normalized spacial score (nSPS) is 20.5. The van der Waals surface area contributed by atoms with Crippen molar-refractivity contribution in [3.8, 4) is 11.3 Å². The SMILES string of the molecule is [2H]C1(c2cc[n+](C)c(-c3ccccc3C)c2)CCC(C)(C)CC1. The number of pyridine rings is 1. The minimum absolute atomic E-state index is 0.392. The molecule has 0 unspecified atom stereocenters. The second-order valence-corrected chi connectivity index (χ2v) is 7.49. The Kier molecular flexibility index (Phi) is 3.73. The number of hydrogen-bond acceptors (Lipinski definition) is 0. The summed E-state index contributed by atoms with van der Waals surface area (Å²) >= 11 is 0. The van der Waals surface area contributed by atoms with E-state index in [1.807, 2.05) is 0 Å². The summed E-state index contributed by atoms with van der Waals surface area (Å²) in [5, 5.41) is 0. The maximum absolute atomic E-state index is 9.01. The fourth-order valence-electron chi connectivity index (χ4n) is 3.43. The van der Waals surface area contributed by atoms with Gasteiger partial charge in [0.05, 0.1) is 0 Å². The van der Waals surface area contributed by atoms with Crippen molar-refractivity contribution in [3.63, 3.8) is 0 Å². The summed E-state index contributed by atoms with van der Waals surface area (Å²) in [5.41, 5.74) is 5.31. The number of aromatic nitrogens is 1. The molecule has 0 amide bonds. The van der Waals surface area contributed by atoms with E-state index in [2.05, 4.69) is 75.0 Å². The van der Waals surface area contributed by atoms with Crippen LogP contribution < -0.4 is 4.57 Å². The molecule has 0 radical (unpaired) electrons. The molecule has 2 aromatic rings. The van der Waals surface area contributed by atoms with Crippen LogP contribution in [0.2, 0.25) is 0 Å². The number of aryl methyl sites for hydroxylation is 2. The van der Waals surface area contributed by atoms with Crippen LogP contribution in [0.15, 0.2) is 42.6 Å². The van der Waals surface area contributed by atoms with Crippen LogP contribution in [0.3, 0.4) is 0 Å². The topological polar surface area (TPSA) is 3.88 Å². The van der Waals surface area contributed by atoms with Crippen molar-refractivity contribution in [1.82, 2.24) is 0 Å². The van der Waals surface area contributed by atoms with Crippen LogP contribution in [-0.4, -0.2) is 0 Å². The lowest BCUT2D eigenvalue weighted by Gasteiger charge is -2.34. The molecule has 1 aromatic heterocycles. The standard InChI is InChI=1S/C21H28N/c1-16-7-5-6-8-19(16)20-15-18(11-14-22(20)4)17-9-12-21(2,3)13-10-17/h5-8,11,14-15,17H,9-10,12-13H2,1-4H3/q+1/i17D. The second-order valence-electron chi connectivity index (χ2n) is 7.49. The summed E-state index contributed by atoms with van der Waals surface area (Å²) in [4.78, 5) is 0. The first kappa shape index (κ1) is 14.0. The molecule has 1 heteroatoms. The van der Waals surface area contributed by atoms with Gasteiger partial charge in [-0.05, 0) is 61.1 Å². The van der Waals surface area contributed by atoms with Gasteiger partial charge in [-0.3, -0.25) is 0 Å². The third kappa shape index (κ3) is 3.09. The summed E-state index contributed by atoms with van der Waals surface area (Å²) < 4.78 is 11.2. The minimum Gasteiger partial charge on any atom is -0.201 e. The summed E-state index contributed by atoms with van der Waals surface area (Å²) in [5.74, 6) is -0.429. The predicted molar refractivity (Wildman–Crippen MR) is 92.8 cm³/mol. The molecule has 1 saturated carbocycles. The van der Waals surface area contributed by atoms with Gasteiger partial charge in [0.15, 0.2) is 6.20 Å². The van der Waals surface area contributed by atoms with E-state index in [4.69, 9.17) is 1.37 Å². The van der Waals surface area contributed by atoms with E-state index in [0.29, 0.717) is 5.41 Å². The van der Waals surface area contributed by atoms with Gasteiger partial charge in [0, 0.05) is 19.1 Å². The van der Waals surface area contributed by atoms with Crippen molar-refractivity contribution in [3.05, 3.63) is 53.7 Å². The molecule has 0 saturated heterocycles. The van der Waals surface area contributed by atoms with E-state index in [0.717, 1.165) is 25.7 Å². The molecule has 0 spiro atoms. The number of nitrogens with zero attached hydrogens (tertiary/aromatic N) is 1. The average Bonchev–Trinajstić information content (AvgIpc) is 2.52. The fourth-order valence-corrected chi connectivity index (χ4v) is 3.43. The molecule has 1 aromatic carbocycles. The van der Waals surface area contributed by atoms with Gasteiger partial charge in [-0.25, -0.2) is 4.57 Å². The Balaban J connectivity index is 2.00. The van der Waals surface area contributed by atoms with Crippen molar-refractivity contribution >= 4 is 0 Å². The number of rotatable bonds is 2. The smallest absolute Gasteiger partial charge is 0.201 e. The van der Waals surface area contributed by atoms with Crippen LogP contribution in [0, 0.1) is 12.3 Å². The zero-order chi connectivity index (χ0) is 16.7. The highest BCUT2D eigenvalue weighted by molar-refractivity contribution is 5.61. The molecule has 1 heterocycles. The van der Waals surface area contributed by atoms with E-state index in [-0.39, 0.29) is 0 Å². The highest BCUT2D eigenvalue weighted by atomic mass is 14.9. The largest absolute Gasteiger partial charge is 0.212 e. The highest BCUT2D eigenvalue weighted by Gasteiger charge is 2.28. The molecule has 0 atom stereocenters. The average molecular weight is 295 g/mol. The van der Waals surface area contributed by atoms with Crippen molar-refractivity contribution in [2.45, 2.75) is 52.3 Å². The number of hydrogen-bond donors (Lipinski definition) is 0. The third-order valence-electron chi connectivity index (χ3n) is 5.19. The molecule has 1 aliphatic carbocycles. The lowest BCUT2D eigenvalue weighted by Crippen LogP contribution is -2.31. The monoisotopic (exact) mass is 295 g/mol. The Labute approximate surface area is 136 Å². The maximum atomic E-state index is 9.01. The molecular weight excluding hydrogens is 266 g/mol. The van der Waals surface area contributed by atoms with Gasteiger partial charge in [0.1, 0.15) is 7.05 Å². The fraction of sp³-hybridized carbons (Fsp3) is 0.476. The van der Waals surface area contributed by atoms with Crippen LogP contribution in [-0.2, 0) is 7.05 Å². The Bertz CT molecular complexity index is 708. The van der Waals surface area contributed by atoms with Gasteiger partial charge in [0.2, 0.25) is 5.69 Å². The van der Waals surface area contributed by atoms with Crippen molar-refractivity contribution in [1.29, 1.82) is 0 Å². The maximum Gasteiger partial charge on any atom is 0.212 e. The van der Waals surface area contributed by atoms with E-state index < -0.39 is 5.89 Å². The van der Waals surface area contributed by atoms with Crippen LogP contribution in [0.25, 0.3) is 11.3 Å². The highest BCUT2D eigenvalue weighted by Crippen LogP contribution is 2.42. The molecule has 0 aliphatic heterocycles. The van der Waals surface area contributed by atoms with Crippen LogP contribution >= 0.6 is 0 Å². The van der Waals surface area contributed by atoms with Gasteiger partial charge < -0.3 is 0 Å². The molecular formula is C21H28N+. The zero-order valence-electron chi connectivity index (χ0n) is 15.3. The molecule has 0 bridgehead atoms. The van der Waals surface area contributed by atoms with Gasteiger partial charge in [0.25, 0.3) is 0 Å². The van der Waals surface area contributed by atoms with E-state index in [1.54, 1.807) is 0 Å². The molecule has 22 heavy (non-hydrogen) atoms. The Hall–Kier alpha value is -1.63. The summed E-state index contributed by atoms with van der Waals surface area (Å²) in [6, 6.07) is 12.9. The van der Waals surface area contributed by atoms with E-state index in [1.165, 1.54) is 22.4 Å². The first-order valence-electron chi connectivity index (χ1n) is 8.87. The predicted octanol–water partition coefficient (Wildman–Crippen LogP) is 5.17. The first-order valence-corrected chi connectivity index (χ1v) is 8.37. The molecule has 3 rings (SSSR count). The summed E-state index contributed by atoms with van der Waals surface area (Å²) in [7, 11) is 2.09. The quantitative estimate of drug-likeness (QED) is 0.673. The summed E-state index contributed by atoms with van der Waals surface area (Å²) in [6.07, 6.45) is 6.31. The van der Waals surface area contributed by atoms with Crippen LogP contribution in [0.4, 0.5) is 0 Å². The van der Waals surface area contributed by atoms with Crippen molar-refractivity contribution in [2.75, 3.05) is 0 Å². The number of benzene rings is 1. The van der Waals surface area contributed by atoms with Gasteiger partial charge in [-0.2, -0.15) is 0 Å². The first-order chi connectivity index (χ1) is 10.8. The van der Waals surface area contributed by atoms with Crippen LogP contribution in [0.1, 0.15) is 57.9 Å². The van der Waals surface area contributed by atoms with E-state index >= 15 is 0 Å². The zero-order valence-corrected chi connectivity index (χ0v) is 14.3. The van der Waals surface area contributed by atoms with Crippen LogP contribution in [0.5, 0.6) is 0 Å². The van der Waals surface area contributed by atoms with Gasteiger partial charge in [-0.1, -0.05) is 32.0 Å². The molecule has 0 N–H and O–H groups in total. The van der Waals surface area contributed by atoms with Crippen molar-refractivity contribution in [2.24, 2.45) is 12.5 Å². The summed E-state index contributed by atoms with van der Waals surface area (Å²) in [6.45, 7) is 6.81. The van der Waals surface area contributed by atoms with Crippen molar-refractivity contribution < 1.29 is 5.94 Å². The van der Waals surface area contributed by atoms with Gasteiger partial charge in [-0.15, -0.1) is 0 Å². The van der Waals surface area contributed by atoms with E-state index in [9.17, 15) is 0 Å². The molecule has 1 aliphatic rings. The Morgan fingerprint density at radius 3 is 2.50 bits per heavy atom. The Morgan fingerprint density at radius 1 is 1.14 bits per heavy atom. The van der Waals surface area contributed by atoms with Gasteiger partial charge >= 0.3 is 0 Å². The second kappa shape index (κ2) is 5.87. The molecule has 1 fully saturated rings. The molecule has 1 nitrogen and oxygen atoms in total. The Morgan fingerprint density at radius 2 is 1.82 bits per heavy atom. The minimum atomic E-state index is -0.429. The lowest BCUT2D eigenvalue weighted by molar-refractivity contribution is -0.660.